The van der Waals surface area contributed by atoms with E-state index in [0.29, 0.717) is 18.5 Å². The summed E-state index contributed by atoms with van der Waals surface area (Å²) in [5, 5.41) is 1.95. The monoisotopic (exact) mass is 438 g/mol. The zero-order valence-corrected chi connectivity index (χ0v) is 18.4. The molecule has 0 aliphatic heterocycles. The van der Waals surface area contributed by atoms with Gasteiger partial charge < -0.3 is 9.64 Å². The van der Waals surface area contributed by atoms with Gasteiger partial charge in [0.1, 0.15) is 6.54 Å². The van der Waals surface area contributed by atoms with Crippen molar-refractivity contribution in [2.24, 2.45) is 0 Å². The SMILES string of the molecule is CCOC(=O)CN(C(=O)c1ccc(S(=O)(=O)NCCc2cccs2)cc1)C(C)C. The highest BCUT2D eigenvalue weighted by molar-refractivity contribution is 7.89. The number of amides is 1. The van der Waals surface area contributed by atoms with E-state index in [4.69, 9.17) is 4.74 Å². The quantitative estimate of drug-likeness (QED) is 0.576. The summed E-state index contributed by atoms with van der Waals surface area (Å²) in [5.74, 6) is -0.841. The molecule has 1 aromatic carbocycles. The van der Waals surface area contributed by atoms with Crippen LogP contribution < -0.4 is 4.72 Å². The third-order valence-corrected chi connectivity index (χ3v) is 6.56. The van der Waals surface area contributed by atoms with E-state index in [1.807, 2.05) is 17.5 Å². The predicted octanol–water partition coefficient (Wildman–Crippen LogP) is 2.68. The first kappa shape index (κ1) is 23.1. The Labute approximate surface area is 175 Å². The molecule has 0 saturated heterocycles. The number of sulfonamides is 1. The van der Waals surface area contributed by atoms with Crippen LogP contribution in [0.4, 0.5) is 0 Å². The van der Waals surface area contributed by atoms with E-state index in [-0.39, 0.29) is 30.0 Å². The van der Waals surface area contributed by atoms with Crippen LogP contribution in [0.3, 0.4) is 0 Å². The van der Waals surface area contributed by atoms with Crippen LogP contribution in [0.5, 0.6) is 0 Å². The number of hydrogen-bond acceptors (Lipinski definition) is 6. The second-order valence-corrected chi connectivity index (χ2v) is 9.38. The zero-order chi connectivity index (χ0) is 21.4. The van der Waals surface area contributed by atoms with Gasteiger partial charge in [0.2, 0.25) is 10.0 Å². The largest absolute Gasteiger partial charge is 0.465 e. The maximum Gasteiger partial charge on any atom is 0.325 e. The first-order chi connectivity index (χ1) is 13.7. The van der Waals surface area contributed by atoms with Crippen molar-refractivity contribution >= 4 is 33.2 Å². The van der Waals surface area contributed by atoms with Crippen LogP contribution in [0, 0.1) is 0 Å². The molecule has 1 N–H and O–H groups in total. The number of nitrogens with one attached hydrogen (secondary N) is 1. The first-order valence-corrected chi connectivity index (χ1v) is 11.7. The maximum atomic E-state index is 12.7. The molecule has 0 aliphatic carbocycles. The fourth-order valence-electron chi connectivity index (χ4n) is 2.62. The lowest BCUT2D eigenvalue weighted by Crippen LogP contribution is -2.41. The number of hydrogen-bond donors (Lipinski definition) is 1. The summed E-state index contributed by atoms with van der Waals surface area (Å²) < 4.78 is 32.4. The standard InChI is InChI=1S/C20H26N2O5S2/c1-4-27-19(23)14-22(15(2)3)20(24)16-7-9-18(10-8-16)29(25,26)21-12-11-17-6-5-13-28-17/h5-10,13,15,21H,4,11-12,14H2,1-3H3. The average Bonchev–Trinajstić information content (AvgIpc) is 3.19. The second kappa shape index (κ2) is 10.5. The Morgan fingerprint density at radius 2 is 1.86 bits per heavy atom. The lowest BCUT2D eigenvalue weighted by atomic mass is 10.1. The van der Waals surface area contributed by atoms with Gasteiger partial charge in [-0.05, 0) is 62.9 Å². The van der Waals surface area contributed by atoms with E-state index >= 15 is 0 Å². The Balaban J connectivity index is 2.04. The van der Waals surface area contributed by atoms with E-state index < -0.39 is 16.0 Å². The fourth-order valence-corrected chi connectivity index (χ4v) is 4.36. The third-order valence-electron chi connectivity index (χ3n) is 4.14. The Kier molecular flexibility index (Phi) is 8.36. The van der Waals surface area contributed by atoms with Crippen molar-refractivity contribution in [2.75, 3.05) is 19.7 Å². The molecule has 29 heavy (non-hydrogen) atoms. The van der Waals surface area contributed by atoms with Gasteiger partial charge in [-0.2, -0.15) is 0 Å². The molecular weight excluding hydrogens is 412 g/mol. The molecule has 1 amide bonds. The number of benzene rings is 1. The van der Waals surface area contributed by atoms with Gasteiger partial charge in [0.25, 0.3) is 5.91 Å². The van der Waals surface area contributed by atoms with E-state index in [0.717, 1.165) is 4.88 Å². The van der Waals surface area contributed by atoms with Gasteiger partial charge in [-0.1, -0.05) is 6.07 Å². The molecule has 0 aliphatic rings. The van der Waals surface area contributed by atoms with Gasteiger partial charge in [0, 0.05) is 23.0 Å². The predicted molar refractivity (Wildman–Crippen MR) is 112 cm³/mol. The van der Waals surface area contributed by atoms with E-state index in [9.17, 15) is 18.0 Å². The molecule has 1 aromatic heterocycles. The summed E-state index contributed by atoms with van der Waals surface area (Å²) in [6.07, 6.45) is 0.616. The lowest BCUT2D eigenvalue weighted by Gasteiger charge is -2.25. The molecule has 0 unspecified atom stereocenters. The molecule has 0 spiro atoms. The van der Waals surface area contributed by atoms with Crippen LogP contribution in [-0.4, -0.2) is 50.9 Å². The normalized spacial score (nSPS) is 11.4. The zero-order valence-electron chi connectivity index (χ0n) is 16.8. The van der Waals surface area contributed by atoms with Crippen LogP contribution in [0.25, 0.3) is 0 Å². The van der Waals surface area contributed by atoms with Gasteiger partial charge in [-0.3, -0.25) is 9.59 Å². The van der Waals surface area contributed by atoms with Crippen molar-refractivity contribution in [3.8, 4) is 0 Å². The summed E-state index contributed by atoms with van der Waals surface area (Å²) in [4.78, 5) is 27.1. The molecule has 2 rings (SSSR count). The Bertz CT molecular complexity index is 907. The molecule has 0 bridgehead atoms. The summed E-state index contributed by atoms with van der Waals surface area (Å²) in [7, 11) is -3.66. The summed E-state index contributed by atoms with van der Waals surface area (Å²) >= 11 is 1.58. The number of esters is 1. The van der Waals surface area contributed by atoms with Gasteiger partial charge in [0.05, 0.1) is 11.5 Å². The number of ether oxygens (including phenoxy) is 1. The number of nitrogens with zero attached hydrogens (tertiary/aromatic N) is 1. The molecule has 9 heteroatoms. The van der Waals surface area contributed by atoms with Crippen molar-refractivity contribution in [3.05, 3.63) is 52.2 Å². The Hall–Kier alpha value is -2.23. The minimum Gasteiger partial charge on any atom is -0.465 e. The smallest absolute Gasteiger partial charge is 0.325 e. The third kappa shape index (κ3) is 6.66. The molecule has 158 valence electrons. The highest BCUT2D eigenvalue weighted by atomic mass is 32.2. The highest BCUT2D eigenvalue weighted by Crippen LogP contribution is 2.15. The summed E-state index contributed by atoms with van der Waals surface area (Å²) in [6, 6.07) is 9.36. The maximum absolute atomic E-state index is 12.7. The molecule has 0 saturated carbocycles. The Morgan fingerprint density at radius 1 is 1.17 bits per heavy atom. The van der Waals surface area contributed by atoms with Gasteiger partial charge in [-0.25, -0.2) is 13.1 Å². The molecule has 0 radical (unpaired) electrons. The average molecular weight is 439 g/mol. The summed E-state index contributed by atoms with van der Waals surface area (Å²) in [6.45, 7) is 5.68. The van der Waals surface area contributed by atoms with Crippen molar-refractivity contribution in [2.45, 2.75) is 38.1 Å². The molecule has 0 fully saturated rings. The molecule has 0 atom stereocenters. The van der Waals surface area contributed by atoms with Crippen LogP contribution in [-0.2, 0) is 26.0 Å². The molecule has 7 nitrogen and oxygen atoms in total. The van der Waals surface area contributed by atoms with E-state index in [1.165, 1.54) is 29.2 Å². The van der Waals surface area contributed by atoms with Crippen LogP contribution >= 0.6 is 11.3 Å². The van der Waals surface area contributed by atoms with Crippen LogP contribution in [0.1, 0.15) is 36.0 Å². The van der Waals surface area contributed by atoms with E-state index in [1.54, 1.807) is 32.1 Å². The van der Waals surface area contributed by atoms with Crippen LogP contribution in [0.2, 0.25) is 0 Å². The topological polar surface area (TPSA) is 92.8 Å². The van der Waals surface area contributed by atoms with Crippen molar-refractivity contribution < 1.29 is 22.7 Å². The van der Waals surface area contributed by atoms with Gasteiger partial charge >= 0.3 is 5.97 Å². The fraction of sp³-hybridized carbons (Fsp3) is 0.400. The molecular formula is C20H26N2O5S2. The lowest BCUT2D eigenvalue weighted by molar-refractivity contribution is -0.144. The van der Waals surface area contributed by atoms with Crippen molar-refractivity contribution in [1.82, 2.24) is 9.62 Å². The number of carbonyl (C=O) groups is 2. The highest BCUT2D eigenvalue weighted by Gasteiger charge is 2.23. The van der Waals surface area contributed by atoms with E-state index in [2.05, 4.69) is 4.72 Å². The Morgan fingerprint density at radius 3 is 2.41 bits per heavy atom. The molecule has 1 heterocycles. The van der Waals surface area contributed by atoms with Gasteiger partial charge in [-0.15, -0.1) is 11.3 Å². The van der Waals surface area contributed by atoms with Crippen LogP contribution in [0.15, 0.2) is 46.7 Å². The van der Waals surface area contributed by atoms with Crippen molar-refractivity contribution in [1.29, 1.82) is 0 Å². The van der Waals surface area contributed by atoms with Gasteiger partial charge in [0.15, 0.2) is 0 Å². The van der Waals surface area contributed by atoms with Crippen molar-refractivity contribution in [3.63, 3.8) is 0 Å². The summed E-state index contributed by atoms with van der Waals surface area (Å²) in [5.41, 5.74) is 0.306. The minimum atomic E-state index is -3.66. The number of carbonyl (C=O) groups excluding carboxylic acids is 2. The number of rotatable bonds is 10. The second-order valence-electron chi connectivity index (χ2n) is 6.58. The first-order valence-electron chi connectivity index (χ1n) is 9.33. The minimum absolute atomic E-state index is 0.0849. The molecule has 2 aromatic rings. The number of thiophene rings is 1.